The summed E-state index contributed by atoms with van der Waals surface area (Å²) in [7, 11) is 0. The van der Waals surface area contributed by atoms with E-state index in [2.05, 4.69) is 36.4 Å². The summed E-state index contributed by atoms with van der Waals surface area (Å²) < 4.78 is 6.54. The van der Waals surface area contributed by atoms with E-state index < -0.39 is 11.4 Å². The lowest BCUT2D eigenvalue weighted by Crippen LogP contribution is -2.44. The van der Waals surface area contributed by atoms with Gasteiger partial charge in [-0.05, 0) is 121 Å². The summed E-state index contributed by atoms with van der Waals surface area (Å²) in [5, 5.41) is 24.4. The molecular weight excluding hydrogens is 572 g/mol. The number of carboxylic acid groups (broad SMARTS) is 1. The molecule has 5 nitrogen and oxygen atoms in total. The molecule has 5 heteroatoms. The molecule has 0 radical (unpaired) electrons. The monoisotopic (exact) mass is 596 g/mol. The number of carbonyl (C=O) groups is 2. The lowest BCUT2D eigenvalue weighted by molar-refractivity contribution is -0.109. The van der Waals surface area contributed by atoms with Gasteiger partial charge in [0.15, 0.2) is 5.78 Å². The molecule has 1 spiro atoms. The van der Waals surface area contributed by atoms with Crippen molar-refractivity contribution >= 4 is 40.3 Å². The number of aromatic hydroxyl groups is 1. The lowest BCUT2D eigenvalue weighted by Gasteiger charge is -2.45. The zero-order valence-corrected chi connectivity index (χ0v) is 24.3. The highest BCUT2D eigenvalue weighted by atomic mass is 16.5. The van der Waals surface area contributed by atoms with E-state index in [1.54, 1.807) is 36.4 Å². The number of carbonyl (C=O) groups excluding carboxylic acids is 1. The maximum atomic E-state index is 12.7. The van der Waals surface area contributed by atoms with Crippen LogP contribution in [0.2, 0.25) is 0 Å². The molecule has 0 atom stereocenters. The van der Waals surface area contributed by atoms with Gasteiger partial charge in [-0.2, -0.15) is 0 Å². The van der Waals surface area contributed by atoms with Crippen LogP contribution in [0.25, 0.3) is 28.5 Å². The fraction of sp³-hybridized carbons (Fsp3) is 0.0244. The Balaban J connectivity index is 1.60. The maximum absolute atomic E-state index is 12.7. The summed E-state index contributed by atoms with van der Waals surface area (Å²) in [6, 6.07) is 36.8. The van der Waals surface area contributed by atoms with E-state index in [1.807, 2.05) is 60.7 Å². The van der Waals surface area contributed by atoms with Crippen LogP contribution in [-0.4, -0.2) is 22.0 Å². The Morgan fingerprint density at radius 3 is 2.13 bits per heavy atom. The predicted molar refractivity (Wildman–Crippen MR) is 177 cm³/mol. The summed E-state index contributed by atoms with van der Waals surface area (Å²) in [5.41, 5.74) is 6.12. The number of aromatic carboxylic acids is 1. The molecule has 0 saturated heterocycles. The molecule has 9 rings (SSSR count). The first kappa shape index (κ1) is 26.2. The molecule has 0 amide bonds. The summed E-state index contributed by atoms with van der Waals surface area (Å²) >= 11 is 0. The van der Waals surface area contributed by atoms with Gasteiger partial charge < -0.3 is 14.9 Å². The third-order valence-corrected chi connectivity index (χ3v) is 9.48. The third kappa shape index (κ3) is 3.51. The maximum Gasteiger partial charge on any atom is 0.336 e. The molecule has 0 saturated carbocycles. The summed E-state index contributed by atoms with van der Waals surface area (Å²) in [6.07, 6.45) is 5.04. The van der Waals surface area contributed by atoms with Crippen LogP contribution in [0.15, 0.2) is 121 Å². The van der Waals surface area contributed by atoms with Gasteiger partial charge >= 0.3 is 5.97 Å². The molecule has 0 fully saturated rings. The number of hydrogen-bond donors (Lipinski definition) is 2. The molecule has 6 aromatic rings. The standard InChI is InChI=1S/C41H24O5/c42-27-15-13-23-19-31-35(21-25(23)17-27)41(33-9-3-5-11-37(33)46-38-12-6-4-10-34(38)41)36-22-26-18-28(43)16-14-24(26)20-32(36)39(31)29-7-1-2-8-30(29)40(44)45/h1-22,42H,(H,44,45). The molecule has 1 aliphatic heterocycles. The second-order valence-electron chi connectivity index (χ2n) is 11.9. The summed E-state index contributed by atoms with van der Waals surface area (Å²) in [6.45, 7) is 0. The average Bonchev–Trinajstić information content (AvgIpc) is 3.07. The highest BCUT2D eigenvalue weighted by Crippen LogP contribution is 2.57. The van der Waals surface area contributed by atoms with Crippen molar-refractivity contribution < 1.29 is 24.5 Å². The van der Waals surface area contributed by atoms with Gasteiger partial charge in [0.1, 0.15) is 17.2 Å². The highest BCUT2D eigenvalue weighted by Gasteiger charge is 2.49. The topological polar surface area (TPSA) is 83.8 Å². The number of fused-ring (bicyclic) bond motifs is 10. The van der Waals surface area contributed by atoms with Crippen molar-refractivity contribution in [2.24, 2.45) is 0 Å². The minimum Gasteiger partial charge on any atom is -0.508 e. The molecule has 2 aliphatic carbocycles. The van der Waals surface area contributed by atoms with Gasteiger partial charge in [0.2, 0.25) is 0 Å². The van der Waals surface area contributed by atoms with Crippen LogP contribution >= 0.6 is 0 Å². The number of ether oxygens (including phenoxy) is 1. The first-order valence-electron chi connectivity index (χ1n) is 15.0. The van der Waals surface area contributed by atoms with Gasteiger partial charge in [0.05, 0.1) is 11.0 Å². The van der Waals surface area contributed by atoms with Crippen LogP contribution in [0.4, 0.5) is 0 Å². The van der Waals surface area contributed by atoms with Crippen molar-refractivity contribution in [3.8, 4) is 17.2 Å². The molecule has 3 aliphatic rings. The number of phenols is 1. The number of benzene rings is 6. The van der Waals surface area contributed by atoms with Gasteiger partial charge in [-0.3, -0.25) is 4.79 Å². The Bertz CT molecular complexity index is 2470. The van der Waals surface area contributed by atoms with Crippen LogP contribution in [0, 0.1) is 0 Å². The van der Waals surface area contributed by atoms with Crippen molar-refractivity contribution in [2.45, 2.75) is 5.41 Å². The minimum atomic E-state index is -1.02. The molecule has 6 aromatic carbocycles. The average molecular weight is 597 g/mol. The number of phenolic OH excluding ortho intramolecular Hbond substituents is 1. The van der Waals surface area contributed by atoms with E-state index in [0.29, 0.717) is 17.1 Å². The Morgan fingerprint density at radius 1 is 0.652 bits per heavy atom. The molecule has 2 N–H and O–H groups in total. The van der Waals surface area contributed by atoms with Crippen molar-refractivity contribution in [1.29, 1.82) is 0 Å². The lowest BCUT2D eigenvalue weighted by atomic mass is 9.58. The second-order valence-corrected chi connectivity index (χ2v) is 11.9. The van der Waals surface area contributed by atoms with Crippen molar-refractivity contribution in [3.63, 3.8) is 0 Å². The number of hydrogen-bond acceptors (Lipinski definition) is 4. The molecule has 1 heterocycles. The quantitative estimate of drug-likeness (QED) is 0.233. The Morgan fingerprint density at radius 2 is 1.37 bits per heavy atom. The number of rotatable bonds is 2. The van der Waals surface area contributed by atoms with Crippen molar-refractivity contribution in [3.05, 3.63) is 176 Å². The Kier molecular flexibility index (Phi) is 5.36. The Labute approximate surface area is 263 Å². The zero-order chi connectivity index (χ0) is 31.2. The van der Waals surface area contributed by atoms with Crippen LogP contribution in [0.3, 0.4) is 0 Å². The van der Waals surface area contributed by atoms with Gasteiger partial charge in [-0.1, -0.05) is 66.7 Å². The summed E-state index contributed by atoms with van der Waals surface area (Å²) in [5.74, 6) is 0.463. The van der Waals surface area contributed by atoms with Crippen LogP contribution in [0.5, 0.6) is 17.2 Å². The number of para-hydroxylation sites is 2. The van der Waals surface area contributed by atoms with Gasteiger partial charge in [0.25, 0.3) is 0 Å². The van der Waals surface area contributed by atoms with E-state index in [0.717, 1.165) is 60.2 Å². The molecule has 0 unspecified atom stereocenters. The van der Waals surface area contributed by atoms with E-state index >= 15 is 0 Å². The van der Waals surface area contributed by atoms with E-state index in [1.165, 1.54) is 0 Å². The fourth-order valence-electron chi connectivity index (χ4n) is 7.64. The SMILES string of the molecule is O=C1C=Cc2cc3c(cc2=C1)C1(c2ccccc2Oc2ccccc21)c1cc2cc(O)ccc2cc1C=3c1ccccc1C(=O)O. The van der Waals surface area contributed by atoms with Crippen LogP contribution < -0.4 is 15.2 Å². The van der Waals surface area contributed by atoms with Gasteiger partial charge in [-0.15, -0.1) is 0 Å². The highest BCUT2D eigenvalue weighted by molar-refractivity contribution is 6.17. The van der Waals surface area contributed by atoms with Gasteiger partial charge in [-0.25, -0.2) is 4.79 Å². The fourth-order valence-corrected chi connectivity index (χ4v) is 7.64. The largest absolute Gasteiger partial charge is 0.508 e. The second kappa shape index (κ2) is 9.40. The number of ketones is 1. The number of allylic oxidation sites excluding steroid dienone is 1. The molecule has 46 heavy (non-hydrogen) atoms. The normalized spacial score (nSPS) is 14.8. The zero-order valence-electron chi connectivity index (χ0n) is 24.3. The smallest absolute Gasteiger partial charge is 0.336 e. The molecule has 218 valence electrons. The van der Waals surface area contributed by atoms with Gasteiger partial charge in [0, 0.05) is 11.1 Å². The Hall–Kier alpha value is -6.20. The molecule has 0 bridgehead atoms. The van der Waals surface area contributed by atoms with E-state index in [-0.39, 0.29) is 17.1 Å². The van der Waals surface area contributed by atoms with E-state index in [9.17, 15) is 19.8 Å². The first-order chi connectivity index (χ1) is 22.4. The minimum absolute atomic E-state index is 0.0904. The van der Waals surface area contributed by atoms with E-state index in [4.69, 9.17) is 4.74 Å². The molecule has 0 aromatic heterocycles. The van der Waals surface area contributed by atoms with Crippen LogP contribution in [-0.2, 0) is 10.2 Å². The third-order valence-electron chi connectivity index (χ3n) is 9.48. The molecular formula is C41H24O5. The van der Waals surface area contributed by atoms with Crippen molar-refractivity contribution in [1.82, 2.24) is 0 Å². The summed E-state index contributed by atoms with van der Waals surface area (Å²) in [4.78, 5) is 25.4. The van der Waals surface area contributed by atoms with Crippen molar-refractivity contribution in [2.75, 3.05) is 0 Å². The predicted octanol–water partition coefficient (Wildman–Crippen LogP) is 6.67. The van der Waals surface area contributed by atoms with Crippen LogP contribution in [0.1, 0.15) is 49.3 Å². The number of carboxylic acids is 1. The first-order valence-corrected chi connectivity index (χ1v) is 15.0.